The summed E-state index contributed by atoms with van der Waals surface area (Å²) in [4.78, 5) is 24.4. The van der Waals surface area contributed by atoms with E-state index in [1.165, 1.54) is 50.5 Å². The van der Waals surface area contributed by atoms with E-state index in [0.717, 1.165) is 28.5 Å². The number of nitrogens with one attached hydrogen (secondary N) is 1. The van der Waals surface area contributed by atoms with Gasteiger partial charge < -0.3 is 15.0 Å². The highest BCUT2D eigenvalue weighted by molar-refractivity contribution is 6.31. The van der Waals surface area contributed by atoms with E-state index in [2.05, 4.69) is 28.9 Å². The third kappa shape index (κ3) is 4.64. The van der Waals surface area contributed by atoms with Gasteiger partial charge in [0.05, 0.1) is 11.5 Å². The summed E-state index contributed by atoms with van der Waals surface area (Å²) < 4.78 is 2.33. The van der Waals surface area contributed by atoms with Crippen molar-refractivity contribution in [3.05, 3.63) is 46.1 Å². The Morgan fingerprint density at radius 3 is 2.47 bits per heavy atom. The van der Waals surface area contributed by atoms with Gasteiger partial charge in [0.1, 0.15) is 0 Å². The Hall–Kier alpha value is -2.27. The second-order valence-electron chi connectivity index (χ2n) is 11.1. The molecular weight excluding hydrogens is 448 g/mol. The molecule has 3 aliphatic rings. The molecule has 0 unspecified atom stereocenters. The molecule has 0 aliphatic heterocycles. The van der Waals surface area contributed by atoms with Gasteiger partial charge in [0.2, 0.25) is 0 Å². The molecule has 1 aromatic heterocycles. The number of hydrogen-bond donors (Lipinski definition) is 2. The van der Waals surface area contributed by atoms with Crippen molar-refractivity contribution < 1.29 is 14.7 Å². The number of carbonyl (C=O) groups is 2. The number of rotatable bonds is 7. The first kappa shape index (κ1) is 23.5. The minimum Gasteiger partial charge on any atom is -0.481 e. The lowest BCUT2D eigenvalue weighted by Crippen LogP contribution is -2.46. The second kappa shape index (κ2) is 9.07. The first-order valence-corrected chi connectivity index (χ1v) is 13.2. The molecule has 2 aromatic rings. The maximum atomic E-state index is 13.2. The van der Waals surface area contributed by atoms with Crippen LogP contribution in [0.2, 0.25) is 5.02 Å². The summed E-state index contributed by atoms with van der Waals surface area (Å²) in [5.41, 5.74) is 5.27. The highest BCUT2D eigenvalue weighted by atomic mass is 35.5. The maximum absolute atomic E-state index is 13.2. The lowest BCUT2D eigenvalue weighted by Gasteiger charge is -2.32. The van der Waals surface area contributed by atoms with E-state index in [0.29, 0.717) is 24.3 Å². The molecule has 182 valence electrons. The van der Waals surface area contributed by atoms with Crippen LogP contribution in [0.5, 0.6) is 0 Å². The van der Waals surface area contributed by atoms with Crippen molar-refractivity contribution in [1.29, 1.82) is 0 Å². The van der Waals surface area contributed by atoms with Crippen LogP contribution in [0, 0.1) is 18.8 Å². The predicted octanol–water partition coefficient (Wildman–Crippen LogP) is 6.34. The average molecular weight is 483 g/mol. The van der Waals surface area contributed by atoms with Gasteiger partial charge in [-0.2, -0.15) is 0 Å². The quantitative estimate of drug-likeness (QED) is 0.483. The fourth-order valence-corrected chi connectivity index (χ4v) is 5.98. The summed E-state index contributed by atoms with van der Waals surface area (Å²) in [6.45, 7) is 5.24. The van der Waals surface area contributed by atoms with Crippen LogP contribution in [0.1, 0.15) is 86.3 Å². The molecule has 3 saturated carbocycles. The maximum Gasteiger partial charge on any atom is 0.306 e. The van der Waals surface area contributed by atoms with Crippen LogP contribution >= 0.6 is 11.6 Å². The van der Waals surface area contributed by atoms with Crippen LogP contribution in [-0.2, 0) is 16.8 Å². The number of aliphatic carboxylic acids is 1. The molecule has 3 aliphatic carbocycles. The number of nitrogens with zero attached hydrogens (tertiary/aromatic N) is 1. The molecule has 0 spiro atoms. The smallest absolute Gasteiger partial charge is 0.306 e. The van der Waals surface area contributed by atoms with E-state index in [1.54, 1.807) is 0 Å². The van der Waals surface area contributed by atoms with Gasteiger partial charge in [0.25, 0.3) is 5.91 Å². The molecule has 6 heteroatoms. The van der Waals surface area contributed by atoms with E-state index < -0.39 is 5.97 Å². The molecular formula is C28H35ClN2O3. The van der Waals surface area contributed by atoms with Gasteiger partial charge in [-0.1, -0.05) is 37.8 Å². The molecule has 5 nitrogen and oxygen atoms in total. The monoisotopic (exact) mass is 482 g/mol. The summed E-state index contributed by atoms with van der Waals surface area (Å²) in [6.07, 6.45) is 9.71. The van der Waals surface area contributed by atoms with Gasteiger partial charge in [-0.15, -0.1) is 0 Å². The summed E-state index contributed by atoms with van der Waals surface area (Å²) in [5.74, 6) is -0.598. The average Bonchev–Trinajstić information content (AvgIpc) is 3.45. The molecule has 0 saturated heterocycles. The largest absolute Gasteiger partial charge is 0.481 e. The van der Waals surface area contributed by atoms with Gasteiger partial charge in [0, 0.05) is 29.0 Å². The first-order valence-electron chi connectivity index (χ1n) is 12.8. The SMILES string of the molecule is Cc1c(C(=O)NC2CC(C(=O)O)C2)cc(-c2cc(Cl)cc(C3(C)CC3)c2)n1CC1CCCCC1. The minimum atomic E-state index is -0.774. The molecule has 0 bridgehead atoms. The van der Waals surface area contributed by atoms with E-state index in [4.69, 9.17) is 16.7 Å². The summed E-state index contributed by atoms with van der Waals surface area (Å²) in [6, 6.07) is 8.32. The molecule has 1 heterocycles. The molecule has 2 N–H and O–H groups in total. The van der Waals surface area contributed by atoms with Crippen LogP contribution in [0.25, 0.3) is 11.3 Å². The van der Waals surface area contributed by atoms with Crippen molar-refractivity contribution in [1.82, 2.24) is 9.88 Å². The van der Waals surface area contributed by atoms with Gasteiger partial charge in [0.15, 0.2) is 0 Å². The zero-order valence-corrected chi connectivity index (χ0v) is 21.0. The molecule has 0 radical (unpaired) electrons. The summed E-state index contributed by atoms with van der Waals surface area (Å²) in [5, 5.41) is 13.0. The van der Waals surface area contributed by atoms with Crippen LogP contribution < -0.4 is 5.32 Å². The van der Waals surface area contributed by atoms with Crippen LogP contribution in [0.4, 0.5) is 0 Å². The van der Waals surface area contributed by atoms with Crippen molar-refractivity contribution in [3.63, 3.8) is 0 Å². The summed E-state index contributed by atoms with van der Waals surface area (Å²) in [7, 11) is 0. The predicted molar refractivity (Wildman–Crippen MR) is 134 cm³/mol. The van der Waals surface area contributed by atoms with Crippen molar-refractivity contribution in [2.45, 2.75) is 89.6 Å². The standard InChI is InChI=1S/C28H35ClN2O3/c1-17-24(26(32)30-23-12-20(13-23)27(33)34)15-25(31(17)16-18-6-4-3-5-7-18)19-10-21(14-22(29)11-19)28(2)8-9-28/h10-11,14-15,18,20,23H,3-9,12-13,16H2,1-2H3,(H,30,32)(H,33,34). The third-order valence-electron chi connectivity index (χ3n) is 8.49. The number of aromatic nitrogens is 1. The van der Waals surface area contributed by atoms with E-state index in [1.807, 2.05) is 19.1 Å². The zero-order valence-electron chi connectivity index (χ0n) is 20.2. The number of hydrogen-bond acceptors (Lipinski definition) is 2. The van der Waals surface area contributed by atoms with Crippen molar-refractivity contribution in [3.8, 4) is 11.3 Å². The normalized spacial score (nSPS) is 23.9. The molecule has 0 atom stereocenters. The fourth-order valence-electron chi connectivity index (χ4n) is 5.74. The highest BCUT2D eigenvalue weighted by Gasteiger charge is 2.39. The Morgan fingerprint density at radius 2 is 1.82 bits per heavy atom. The van der Waals surface area contributed by atoms with Crippen molar-refractivity contribution >= 4 is 23.5 Å². The Kier molecular flexibility index (Phi) is 6.26. The number of halogens is 1. The molecule has 3 fully saturated rings. The minimum absolute atomic E-state index is 0.0641. The van der Waals surface area contributed by atoms with Gasteiger partial charge in [-0.05, 0) is 92.2 Å². The molecule has 34 heavy (non-hydrogen) atoms. The third-order valence-corrected chi connectivity index (χ3v) is 8.71. The van der Waals surface area contributed by atoms with Crippen LogP contribution in [-0.4, -0.2) is 27.6 Å². The van der Waals surface area contributed by atoms with Crippen molar-refractivity contribution in [2.24, 2.45) is 11.8 Å². The second-order valence-corrected chi connectivity index (χ2v) is 11.5. The van der Waals surface area contributed by atoms with E-state index in [9.17, 15) is 9.59 Å². The fraction of sp³-hybridized carbons (Fsp3) is 0.571. The van der Waals surface area contributed by atoms with Crippen LogP contribution in [0.15, 0.2) is 24.3 Å². The molecule has 1 amide bonds. The molecule has 1 aromatic carbocycles. The zero-order chi connectivity index (χ0) is 24.0. The lowest BCUT2D eigenvalue weighted by atomic mass is 9.80. The molecule has 5 rings (SSSR count). The van der Waals surface area contributed by atoms with Crippen LogP contribution in [0.3, 0.4) is 0 Å². The Bertz CT molecular complexity index is 1110. The topological polar surface area (TPSA) is 71.3 Å². The Balaban J connectivity index is 1.47. The van der Waals surface area contributed by atoms with Gasteiger partial charge >= 0.3 is 5.97 Å². The first-order chi connectivity index (χ1) is 16.2. The van der Waals surface area contributed by atoms with E-state index in [-0.39, 0.29) is 23.3 Å². The van der Waals surface area contributed by atoms with E-state index >= 15 is 0 Å². The Morgan fingerprint density at radius 1 is 1.12 bits per heavy atom. The number of amides is 1. The number of carboxylic acid groups (broad SMARTS) is 1. The Labute approximate surface area is 206 Å². The van der Waals surface area contributed by atoms with Gasteiger partial charge in [-0.25, -0.2) is 0 Å². The number of benzene rings is 1. The highest BCUT2D eigenvalue weighted by Crippen LogP contribution is 2.49. The number of carbonyl (C=O) groups excluding carboxylic acids is 1. The number of carboxylic acids is 1. The lowest BCUT2D eigenvalue weighted by molar-refractivity contribution is -0.145. The van der Waals surface area contributed by atoms with Gasteiger partial charge in [-0.3, -0.25) is 9.59 Å². The van der Waals surface area contributed by atoms with Crippen molar-refractivity contribution in [2.75, 3.05) is 0 Å². The summed E-state index contributed by atoms with van der Waals surface area (Å²) >= 11 is 6.59.